The molecule has 20 heavy (non-hydrogen) atoms. The predicted octanol–water partition coefficient (Wildman–Crippen LogP) is 2.61. The molecule has 1 aliphatic heterocycles. The van der Waals surface area contributed by atoms with Crippen molar-refractivity contribution in [2.45, 2.75) is 56.6 Å². The fraction of sp³-hybridized carbons (Fsp3) is 0.688. The van der Waals surface area contributed by atoms with Gasteiger partial charge in [-0.15, -0.1) is 0 Å². The lowest BCUT2D eigenvalue weighted by Gasteiger charge is -2.32. The average molecular weight is 275 g/mol. The molecule has 0 spiro atoms. The third-order valence-electron chi connectivity index (χ3n) is 4.63. The molecule has 2 aliphatic rings. The Morgan fingerprint density at radius 2 is 2.15 bits per heavy atom. The summed E-state index contributed by atoms with van der Waals surface area (Å²) in [4.78, 5) is 4.38. The third-order valence-corrected chi connectivity index (χ3v) is 4.63. The van der Waals surface area contributed by atoms with Crippen molar-refractivity contribution in [2.75, 3.05) is 18.4 Å². The molecule has 0 amide bonds. The molecule has 1 aliphatic carbocycles. The lowest BCUT2D eigenvalue weighted by atomic mass is 9.85. The van der Waals surface area contributed by atoms with Gasteiger partial charge in [0.2, 0.25) is 0 Å². The zero-order valence-corrected chi connectivity index (χ0v) is 12.1. The molecule has 1 aromatic rings. The van der Waals surface area contributed by atoms with Crippen molar-refractivity contribution in [3.05, 3.63) is 23.9 Å². The van der Waals surface area contributed by atoms with E-state index in [4.69, 9.17) is 0 Å². The maximum atomic E-state index is 10.5. The van der Waals surface area contributed by atoms with Gasteiger partial charge in [-0.3, -0.25) is 0 Å². The maximum Gasteiger partial charge on any atom is 0.126 e. The van der Waals surface area contributed by atoms with Gasteiger partial charge in [0.15, 0.2) is 0 Å². The minimum absolute atomic E-state index is 0.469. The molecule has 0 radical (unpaired) electrons. The Morgan fingerprint density at radius 3 is 2.90 bits per heavy atom. The smallest absolute Gasteiger partial charge is 0.126 e. The molecule has 4 nitrogen and oxygen atoms in total. The van der Waals surface area contributed by atoms with E-state index in [-0.39, 0.29) is 0 Å². The van der Waals surface area contributed by atoms with Crippen molar-refractivity contribution < 1.29 is 5.11 Å². The van der Waals surface area contributed by atoms with Crippen LogP contribution < -0.4 is 10.6 Å². The number of nitrogens with one attached hydrogen (secondary N) is 2. The van der Waals surface area contributed by atoms with Crippen molar-refractivity contribution >= 4 is 5.82 Å². The SMILES string of the molecule is OC1(CNc2cc(C3CCCN3)ccn2)CCCCC1. The zero-order chi connectivity index (χ0) is 13.8. The number of hydrogen-bond acceptors (Lipinski definition) is 4. The van der Waals surface area contributed by atoms with Gasteiger partial charge in [-0.1, -0.05) is 19.3 Å². The number of pyridine rings is 1. The molecule has 1 atom stereocenters. The summed E-state index contributed by atoms with van der Waals surface area (Å²) in [5.41, 5.74) is 0.761. The van der Waals surface area contributed by atoms with Crippen molar-refractivity contribution in [3.63, 3.8) is 0 Å². The van der Waals surface area contributed by atoms with Crippen LogP contribution in [0.1, 0.15) is 56.6 Å². The summed E-state index contributed by atoms with van der Waals surface area (Å²) in [7, 11) is 0. The summed E-state index contributed by atoms with van der Waals surface area (Å²) in [6.45, 7) is 1.72. The Labute approximate surface area is 121 Å². The summed E-state index contributed by atoms with van der Waals surface area (Å²) in [6, 6.07) is 4.68. The van der Waals surface area contributed by atoms with E-state index in [1.54, 1.807) is 0 Å². The van der Waals surface area contributed by atoms with E-state index in [0.29, 0.717) is 12.6 Å². The Bertz CT molecular complexity index is 437. The second-order valence-corrected chi connectivity index (χ2v) is 6.26. The van der Waals surface area contributed by atoms with Gasteiger partial charge in [0.05, 0.1) is 5.60 Å². The molecule has 1 saturated carbocycles. The van der Waals surface area contributed by atoms with E-state index in [1.807, 2.05) is 6.20 Å². The molecule has 2 heterocycles. The molecule has 1 saturated heterocycles. The summed E-state index contributed by atoms with van der Waals surface area (Å²) in [5, 5.41) is 17.3. The van der Waals surface area contributed by atoms with Crippen molar-refractivity contribution in [3.8, 4) is 0 Å². The molecule has 2 fully saturated rings. The summed E-state index contributed by atoms with van der Waals surface area (Å²) >= 11 is 0. The minimum atomic E-state index is -0.540. The maximum absolute atomic E-state index is 10.5. The van der Waals surface area contributed by atoms with E-state index >= 15 is 0 Å². The second-order valence-electron chi connectivity index (χ2n) is 6.26. The van der Waals surface area contributed by atoms with Gasteiger partial charge in [0, 0.05) is 18.8 Å². The van der Waals surface area contributed by atoms with Crippen LogP contribution in [-0.2, 0) is 0 Å². The zero-order valence-electron chi connectivity index (χ0n) is 12.1. The van der Waals surface area contributed by atoms with E-state index in [2.05, 4.69) is 27.8 Å². The molecule has 4 heteroatoms. The van der Waals surface area contributed by atoms with Crippen LogP contribution in [0.2, 0.25) is 0 Å². The number of anilines is 1. The highest BCUT2D eigenvalue weighted by Crippen LogP contribution is 2.29. The first-order valence-electron chi connectivity index (χ1n) is 7.91. The van der Waals surface area contributed by atoms with Gasteiger partial charge in [-0.25, -0.2) is 4.98 Å². The van der Waals surface area contributed by atoms with Crippen LogP contribution in [0, 0.1) is 0 Å². The van der Waals surface area contributed by atoms with Crippen LogP contribution in [0.4, 0.5) is 5.82 Å². The van der Waals surface area contributed by atoms with E-state index < -0.39 is 5.60 Å². The average Bonchev–Trinajstić information content (AvgIpc) is 3.01. The first-order valence-corrected chi connectivity index (χ1v) is 7.91. The van der Waals surface area contributed by atoms with Crippen LogP contribution in [-0.4, -0.2) is 28.8 Å². The van der Waals surface area contributed by atoms with E-state index in [0.717, 1.165) is 38.0 Å². The Morgan fingerprint density at radius 1 is 1.30 bits per heavy atom. The van der Waals surface area contributed by atoms with Gasteiger partial charge in [-0.2, -0.15) is 0 Å². The summed E-state index contributed by atoms with van der Waals surface area (Å²) < 4.78 is 0. The van der Waals surface area contributed by atoms with Crippen molar-refractivity contribution in [2.24, 2.45) is 0 Å². The Hall–Kier alpha value is -1.13. The standard InChI is InChI=1S/C16H25N3O/c20-16(7-2-1-3-8-16)12-19-15-11-13(6-10-18-15)14-5-4-9-17-14/h6,10-11,14,17,20H,1-5,7-9,12H2,(H,18,19). The topological polar surface area (TPSA) is 57.2 Å². The van der Waals surface area contributed by atoms with Crippen LogP contribution in [0.25, 0.3) is 0 Å². The van der Waals surface area contributed by atoms with Gasteiger partial charge in [0.1, 0.15) is 5.82 Å². The first-order chi connectivity index (χ1) is 9.75. The van der Waals surface area contributed by atoms with E-state index in [9.17, 15) is 5.11 Å². The van der Waals surface area contributed by atoms with E-state index in [1.165, 1.54) is 24.8 Å². The first kappa shape index (κ1) is 13.8. The van der Waals surface area contributed by atoms with Gasteiger partial charge in [-0.05, 0) is 49.9 Å². The quantitative estimate of drug-likeness (QED) is 0.790. The molecule has 1 aromatic heterocycles. The molecule has 110 valence electrons. The number of aliphatic hydroxyl groups is 1. The second kappa shape index (κ2) is 6.10. The number of hydrogen-bond donors (Lipinski definition) is 3. The predicted molar refractivity (Wildman–Crippen MR) is 80.7 cm³/mol. The summed E-state index contributed by atoms with van der Waals surface area (Å²) in [5.74, 6) is 0.884. The van der Waals surface area contributed by atoms with Gasteiger partial charge >= 0.3 is 0 Å². The van der Waals surface area contributed by atoms with Crippen LogP contribution >= 0.6 is 0 Å². The largest absolute Gasteiger partial charge is 0.388 e. The highest BCUT2D eigenvalue weighted by molar-refractivity contribution is 5.39. The Kier molecular flexibility index (Phi) is 4.22. The molecule has 0 aromatic carbocycles. The van der Waals surface area contributed by atoms with Crippen LogP contribution in [0.3, 0.4) is 0 Å². The fourth-order valence-corrected chi connectivity index (χ4v) is 3.37. The highest BCUT2D eigenvalue weighted by atomic mass is 16.3. The van der Waals surface area contributed by atoms with Crippen LogP contribution in [0.5, 0.6) is 0 Å². The molecule has 0 bridgehead atoms. The molecule has 3 rings (SSSR count). The van der Waals surface area contributed by atoms with Gasteiger partial charge in [0.25, 0.3) is 0 Å². The molecule has 1 unspecified atom stereocenters. The lowest BCUT2D eigenvalue weighted by Crippen LogP contribution is -2.38. The number of nitrogens with zero attached hydrogens (tertiary/aromatic N) is 1. The summed E-state index contributed by atoms with van der Waals surface area (Å²) in [6.07, 6.45) is 9.65. The van der Waals surface area contributed by atoms with Crippen molar-refractivity contribution in [1.82, 2.24) is 10.3 Å². The van der Waals surface area contributed by atoms with Crippen molar-refractivity contribution in [1.29, 1.82) is 0 Å². The van der Waals surface area contributed by atoms with Crippen LogP contribution in [0.15, 0.2) is 18.3 Å². The monoisotopic (exact) mass is 275 g/mol. The minimum Gasteiger partial charge on any atom is -0.388 e. The lowest BCUT2D eigenvalue weighted by molar-refractivity contribution is 0.0166. The number of rotatable bonds is 4. The molecular weight excluding hydrogens is 250 g/mol. The normalized spacial score (nSPS) is 25.6. The number of aromatic nitrogens is 1. The highest BCUT2D eigenvalue weighted by Gasteiger charge is 2.28. The fourth-order valence-electron chi connectivity index (χ4n) is 3.37. The molecule has 3 N–H and O–H groups in total. The Balaban J connectivity index is 1.60. The molecular formula is C16H25N3O. The third kappa shape index (κ3) is 3.30. The van der Waals surface area contributed by atoms with Gasteiger partial charge < -0.3 is 15.7 Å².